The topological polar surface area (TPSA) is 30.8 Å². The molecule has 0 spiro atoms. The smallest absolute Gasteiger partial charge is 0.145 e. The lowest BCUT2D eigenvalue weighted by Gasteiger charge is -2.06. The van der Waals surface area contributed by atoms with Gasteiger partial charge in [-0.2, -0.15) is 0 Å². The van der Waals surface area contributed by atoms with Gasteiger partial charge in [-0.3, -0.25) is 0 Å². The summed E-state index contributed by atoms with van der Waals surface area (Å²) in [4.78, 5) is 5.25. The van der Waals surface area contributed by atoms with Gasteiger partial charge in [0.25, 0.3) is 0 Å². The van der Waals surface area contributed by atoms with Crippen LogP contribution in [0.5, 0.6) is 5.75 Å². The van der Waals surface area contributed by atoms with E-state index in [1.807, 2.05) is 48.5 Å². The number of ether oxygens (including phenoxy) is 1. The quantitative estimate of drug-likeness (QED) is 0.612. The number of benzene rings is 2. The first-order chi connectivity index (χ1) is 9.29. The van der Waals surface area contributed by atoms with Crippen molar-refractivity contribution in [2.24, 2.45) is 5.16 Å². The minimum Gasteiger partial charge on any atom is -0.496 e. The van der Waals surface area contributed by atoms with Crippen molar-refractivity contribution in [2.75, 3.05) is 7.11 Å². The van der Waals surface area contributed by atoms with Crippen LogP contribution in [0.25, 0.3) is 0 Å². The molecular weight excluding hydrogens is 262 g/mol. The van der Waals surface area contributed by atoms with Crippen LogP contribution in [0, 0.1) is 0 Å². The second-order valence-electron chi connectivity index (χ2n) is 3.87. The van der Waals surface area contributed by atoms with E-state index >= 15 is 0 Å². The lowest BCUT2D eigenvalue weighted by atomic mass is 10.2. The van der Waals surface area contributed by atoms with Gasteiger partial charge in [0.15, 0.2) is 0 Å². The molecule has 0 fully saturated rings. The zero-order chi connectivity index (χ0) is 13.5. The highest BCUT2D eigenvalue weighted by molar-refractivity contribution is 6.30. The third-order valence-corrected chi connectivity index (χ3v) is 2.81. The summed E-state index contributed by atoms with van der Waals surface area (Å²) >= 11 is 5.80. The molecule has 0 amide bonds. The fraction of sp³-hybridized carbons (Fsp3) is 0.133. The molecule has 0 bridgehead atoms. The number of nitrogens with zero attached hydrogens (tertiary/aromatic N) is 1. The Labute approximate surface area is 117 Å². The number of methoxy groups -OCH3 is 1. The number of para-hydroxylation sites is 1. The van der Waals surface area contributed by atoms with Gasteiger partial charge in [-0.05, 0) is 23.8 Å². The summed E-state index contributed by atoms with van der Waals surface area (Å²) in [5.74, 6) is 0.796. The van der Waals surface area contributed by atoms with E-state index in [9.17, 15) is 0 Å². The molecule has 0 unspecified atom stereocenters. The maximum atomic E-state index is 5.80. The predicted molar refractivity (Wildman–Crippen MR) is 76.8 cm³/mol. The normalized spacial score (nSPS) is 10.6. The van der Waals surface area contributed by atoms with Crippen LogP contribution in [0.1, 0.15) is 11.1 Å². The molecule has 0 saturated heterocycles. The molecule has 0 aliphatic heterocycles. The Bertz CT molecular complexity index is 552. The molecule has 0 aromatic heterocycles. The second-order valence-corrected chi connectivity index (χ2v) is 4.31. The molecule has 0 N–H and O–H groups in total. The van der Waals surface area contributed by atoms with Crippen molar-refractivity contribution in [2.45, 2.75) is 6.61 Å². The Hall–Kier alpha value is -2.00. The third kappa shape index (κ3) is 4.00. The summed E-state index contributed by atoms with van der Waals surface area (Å²) in [6.45, 7) is 0.369. The Balaban J connectivity index is 1.91. The summed E-state index contributed by atoms with van der Waals surface area (Å²) in [6, 6.07) is 15.0. The minimum absolute atomic E-state index is 0.369. The molecule has 2 aromatic rings. The molecule has 19 heavy (non-hydrogen) atoms. The molecule has 0 atom stereocenters. The van der Waals surface area contributed by atoms with Gasteiger partial charge >= 0.3 is 0 Å². The van der Waals surface area contributed by atoms with Gasteiger partial charge in [0.1, 0.15) is 12.4 Å². The molecule has 2 aromatic carbocycles. The van der Waals surface area contributed by atoms with E-state index in [2.05, 4.69) is 5.16 Å². The maximum Gasteiger partial charge on any atom is 0.145 e. The van der Waals surface area contributed by atoms with Crippen molar-refractivity contribution in [3.8, 4) is 5.75 Å². The fourth-order valence-corrected chi connectivity index (χ4v) is 1.70. The van der Waals surface area contributed by atoms with Gasteiger partial charge in [-0.25, -0.2) is 0 Å². The van der Waals surface area contributed by atoms with Crippen molar-refractivity contribution >= 4 is 17.8 Å². The Kier molecular flexibility index (Phi) is 4.81. The highest BCUT2D eigenvalue weighted by Crippen LogP contribution is 2.18. The van der Waals surface area contributed by atoms with E-state index in [0.717, 1.165) is 16.9 Å². The summed E-state index contributed by atoms with van der Waals surface area (Å²) in [6.07, 6.45) is 1.64. The van der Waals surface area contributed by atoms with Gasteiger partial charge in [0.2, 0.25) is 0 Å². The van der Waals surface area contributed by atoms with Crippen LogP contribution in [-0.2, 0) is 11.4 Å². The zero-order valence-electron chi connectivity index (χ0n) is 10.5. The Morgan fingerprint density at radius 1 is 1.11 bits per heavy atom. The maximum absolute atomic E-state index is 5.80. The largest absolute Gasteiger partial charge is 0.496 e. The molecule has 0 saturated carbocycles. The van der Waals surface area contributed by atoms with E-state index in [-0.39, 0.29) is 0 Å². The first-order valence-corrected chi connectivity index (χ1v) is 6.20. The number of hydrogen-bond donors (Lipinski definition) is 0. The highest BCUT2D eigenvalue weighted by atomic mass is 35.5. The number of halogens is 1. The monoisotopic (exact) mass is 275 g/mol. The van der Waals surface area contributed by atoms with Gasteiger partial charge < -0.3 is 9.57 Å². The summed E-state index contributed by atoms with van der Waals surface area (Å²) in [7, 11) is 1.63. The van der Waals surface area contributed by atoms with Crippen molar-refractivity contribution < 1.29 is 9.57 Å². The summed E-state index contributed by atoms with van der Waals surface area (Å²) in [5, 5.41) is 4.62. The van der Waals surface area contributed by atoms with E-state index in [1.54, 1.807) is 13.3 Å². The van der Waals surface area contributed by atoms with Crippen LogP contribution in [0.2, 0.25) is 5.02 Å². The number of oxime groups is 1. The molecule has 4 heteroatoms. The lowest BCUT2D eigenvalue weighted by molar-refractivity contribution is 0.130. The SMILES string of the molecule is COc1ccccc1CON=Cc1ccc(Cl)cc1. The molecule has 2 rings (SSSR count). The van der Waals surface area contributed by atoms with Crippen LogP contribution < -0.4 is 4.74 Å². The Morgan fingerprint density at radius 2 is 1.84 bits per heavy atom. The van der Waals surface area contributed by atoms with Crippen LogP contribution in [0.3, 0.4) is 0 Å². The van der Waals surface area contributed by atoms with E-state index in [0.29, 0.717) is 11.6 Å². The molecule has 0 heterocycles. The number of rotatable bonds is 5. The van der Waals surface area contributed by atoms with Crippen LogP contribution in [0.15, 0.2) is 53.7 Å². The molecule has 0 aliphatic rings. The Morgan fingerprint density at radius 3 is 2.58 bits per heavy atom. The minimum atomic E-state index is 0.369. The average Bonchev–Trinajstić information content (AvgIpc) is 2.46. The van der Waals surface area contributed by atoms with Crippen LogP contribution >= 0.6 is 11.6 Å². The van der Waals surface area contributed by atoms with E-state index in [4.69, 9.17) is 21.2 Å². The molecule has 98 valence electrons. The van der Waals surface area contributed by atoms with Crippen molar-refractivity contribution in [1.82, 2.24) is 0 Å². The third-order valence-electron chi connectivity index (χ3n) is 2.56. The van der Waals surface area contributed by atoms with Crippen LogP contribution in [0.4, 0.5) is 0 Å². The van der Waals surface area contributed by atoms with E-state index < -0.39 is 0 Å². The van der Waals surface area contributed by atoms with Crippen molar-refractivity contribution in [3.63, 3.8) is 0 Å². The predicted octanol–water partition coefficient (Wildman–Crippen LogP) is 3.90. The summed E-state index contributed by atoms with van der Waals surface area (Å²) < 4.78 is 5.23. The van der Waals surface area contributed by atoms with Gasteiger partial charge in [-0.15, -0.1) is 0 Å². The second kappa shape index (κ2) is 6.81. The molecule has 0 aliphatic carbocycles. The van der Waals surface area contributed by atoms with Gasteiger partial charge in [0, 0.05) is 10.6 Å². The first kappa shape index (κ1) is 13.4. The lowest BCUT2D eigenvalue weighted by Crippen LogP contribution is -1.93. The average molecular weight is 276 g/mol. The van der Waals surface area contributed by atoms with Crippen LogP contribution in [-0.4, -0.2) is 13.3 Å². The molecule has 3 nitrogen and oxygen atoms in total. The zero-order valence-corrected chi connectivity index (χ0v) is 11.3. The first-order valence-electron chi connectivity index (χ1n) is 5.82. The molecular formula is C15H14ClNO2. The van der Waals surface area contributed by atoms with E-state index in [1.165, 1.54) is 0 Å². The highest BCUT2D eigenvalue weighted by Gasteiger charge is 2.00. The fourth-order valence-electron chi connectivity index (χ4n) is 1.58. The van der Waals surface area contributed by atoms with Gasteiger partial charge in [0.05, 0.1) is 13.3 Å². The van der Waals surface area contributed by atoms with Crippen molar-refractivity contribution in [3.05, 3.63) is 64.7 Å². The molecule has 0 radical (unpaired) electrons. The number of hydrogen-bond acceptors (Lipinski definition) is 3. The van der Waals surface area contributed by atoms with Crippen molar-refractivity contribution in [1.29, 1.82) is 0 Å². The summed E-state index contributed by atoms with van der Waals surface area (Å²) in [5.41, 5.74) is 1.89. The standard InChI is InChI=1S/C15H14ClNO2/c1-18-15-5-3-2-4-13(15)11-19-17-10-12-6-8-14(16)9-7-12/h2-10H,11H2,1H3. The van der Waals surface area contributed by atoms with Gasteiger partial charge in [-0.1, -0.05) is 47.1 Å².